The Hall–Kier alpha value is 0.170. The van der Waals surface area contributed by atoms with E-state index >= 15 is 0 Å². The first kappa shape index (κ1) is 12.2. The zero-order valence-electron chi connectivity index (χ0n) is 8.96. The van der Waals surface area contributed by atoms with Crippen LogP contribution in [0, 0.1) is 5.92 Å². The van der Waals surface area contributed by atoms with Gasteiger partial charge in [0.15, 0.2) is 0 Å². The first-order valence-corrected chi connectivity index (χ1v) is 5.48. The Labute approximate surface area is 93.0 Å². The van der Waals surface area contributed by atoms with Crippen LogP contribution in [0.25, 0.3) is 0 Å². The zero-order chi connectivity index (χ0) is 9.10. The molecule has 0 aromatic carbocycles. The first-order chi connectivity index (χ1) is 6.36. The van der Waals surface area contributed by atoms with Gasteiger partial charge in [-0.3, -0.25) is 0 Å². The van der Waals surface area contributed by atoms with Gasteiger partial charge in [-0.15, -0.1) is 12.4 Å². The molecule has 2 N–H and O–H groups in total. The first-order valence-electron chi connectivity index (χ1n) is 5.48. The number of halogens is 1. The molecule has 2 heterocycles. The minimum absolute atomic E-state index is 0. The average molecular weight is 220 g/mol. The van der Waals surface area contributed by atoms with Crippen molar-refractivity contribution in [2.24, 2.45) is 5.92 Å². The highest BCUT2D eigenvalue weighted by Crippen LogP contribution is 2.13. The fraction of sp³-hybridized carbons (Fsp3) is 1.00. The molecule has 0 spiro atoms. The summed E-state index contributed by atoms with van der Waals surface area (Å²) in [6, 6.07) is 0.807. The Kier molecular flexibility index (Phi) is 5.17. The van der Waals surface area contributed by atoms with Crippen molar-refractivity contribution in [3.63, 3.8) is 0 Å². The molecule has 1 atom stereocenters. The van der Waals surface area contributed by atoms with Gasteiger partial charge in [-0.2, -0.15) is 0 Å². The average Bonchev–Trinajstić information content (AvgIpc) is 2.02. The van der Waals surface area contributed by atoms with E-state index in [0.29, 0.717) is 0 Å². The van der Waals surface area contributed by atoms with Crippen LogP contribution in [0.5, 0.6) is 0 Å². The predicted octanol–water partition coefficient (Wildman–Crippen LogP) is 0.311. The Morgan fingerprint density at radius 2 is 2.00 bits per heavy atom. The van der Waals surface area contributed by atoms with Gasteiger partial charge in [-0.25, -0.2) is 0 Å². The topological polar surface area (TPSA) is 27.3 Å². The second-order valence-electron chi connectivity index (χ2n) is 4.46. The molecule has 2 fully saturated rings. The third-order valence-electron chi connectivity index (χ3n) is 3.33. The van der Waals surface area contributed by atoms with Gasteiger partial charge in [0, 0.05) is 25.7 Å². The van der Waals surface area contributed by atoms with Gasteiger partial charge in [0.1, 0.15) is 0 Å². The molecule has 2 aliphatic rings. The molecular weight excluding hydrogens is 198 g/mol. The third kappa shape index (κ3) is 3.09. The monoisotopic (exact) mass is 219 g/mol. The van der Waals surface area contributed by atoms with Crippen molar-refractivity contribution in [2.75, 3.05) is 39.8 Å². The number of rotatable bonds is 3. The summed E-state index contributed by atoms with van der Waals surface area (Å²) in [6.07, 6.45) is 2.78. The van der Waals surface area contributed by atoms with Gasteiger partial charge in [-0.05, 0) is 38.9 Å². The summed E-state index contributed by atoms with van der Waals surface area (Å²) in [7, 11) is 2.26. The van der Waals surface area contributed by atoms with Crippen LogP contribution in [0.1, 0.15) is 12.8 Å². The van der Waals surface area contributed by atoms with Crippen molar-refractivity contribution in [1.29, 1.82) is 0 Å². The van der Waals surface area contributed by atoms with Gasteiger partial charge in [0.25, 0.3) is 0 Å². The van der Waals surface area contributed by atoms with E-state index in [1.807, 2.05) is 0 Å². The maximum Gasteiger partial charge on any atom is 0.0342 e. The lowest BCUT2D eigenvalue weighted by Gasteiger charge is -2.38. The lowest BCUT2D eigenvalue weighted by Crippen LogP contribution is -2.57. The van der Waals surface area contributed by atoms with Crippen molar-refractivity contribution < 1.29 is 0 Å². The number of likely N-dealkylation sites (N-methyl/N-ethyl adjacent to an activating group) is 1. The summed E-state index contributed by atoms with van der Waals surface area (Å²) in [5, 5.41) is 6.79. The van der Waals surface area contributed by atoms with E-state index in [-0.39, 0.29) is 12.4 Å². The van der Waals surface area contributed by atoms with E-state index in [1.165, 1.54) is 45.6 Å². The molecule has 2 saturated heterocycles. The number of hydrogen-bond acceptors (Lipinski definition) is 3. The van der Waals surface area contributed by atoms with Crippen LogP contribution in [0.2, 0.25) is 0 Å². The Morgan fingerprint density at radius 3 is 2.50 bits per heavy atom. The molecule has 2 aliphatic heterocycles. The summed E-state index contributed by atoms with van der Waals surface area (Å²) >= 11 is 0. The Morgan fingerprint density at radius 1 is 1.21 bits per heavy atom. The second kappa shape index (κ2) is 5.91. The maximum absolute atomic E-state index is 3.47. The van der Waals surface area contributed by atoms with Crippen LogP contribution in [-0.4, -0.2) is 50.7 Å². The van der Waals surface area contributed by atoms with Crippen LogP contribution < -0.4 is 10.6 Å². The fourth-order valence-corrected chi connectivity index (χ4v) is 2.22. The third-order valence-corrected chi connectivity index (χ3v) is 3.33. The summed E-state index contributed by atoms with van der Waals surface area (Å²) in [6.45, 7) is 6.11. The van der Waals surface area contributed by atoms with E-state index in [9.17, 15) is 0 Å². The molecule has 2 rings (SSSR count). The highest BCUT2D eigenvalue weighted by molar-refractivity contribution is 5.85. The molecule has 0 amide bonds. The quantitative estimate of drug-likeness (QED) is 0.716. The van der Waals surface area contributed by atoms with Gasteiger partial charge in [0.2, 0.25) is 0 Å². The summed E-state index contributed by atoms with van der Waals surface area (Å²) in [4.78, 5) is 2.52. The number of piperidine rings is 1. The highest BCUT2D eigenvalue weighted by atomic mass is 35.5. The standard InChI is InChI=1S/C10H21N3.ClH/c1-13(10-6-12-7-10)8-9-3-2-4-11-5-9;/h9-12H,2-8H2,1H3;1H. The summed E-state index contributed by atoms with van der Waals surface area (Å²) in [5.74, 6) is 0.888. The van der Waals surface area contributed by atoms with Crippen molar-refractivity contribution in [2.45, 2.75) is 18.9 Å². The number of nitrogens with zero attached hydrogens (tertiary/aromatic N) is 1. The van der Waals surface area contributed by atoms with E-state index in [1.54, 1.807) is 0 Å². The number of nitrogens with one attached hydrogen (secondary N) is 2. The van der Waals surface area contributed by atoms with Crippen molar-refractivity contribution in [3.05, 3.63) is 0 Å². The molecule has 1 unspecified atom stereocenters. The molecule has 0 aromatic heterocycles. The lowest BCUT2D eigenvalue weighted by atomic mass is 9.98. The van der Waals surface area contributed by atoms with Crippen molar-refractivity contribution in [1.82, 2.24) is 15.5 Å². The second-order valence-corrected chi connectivity index (χ2v) is 4.46. The molecule has 3 nitrogen and oxygen atoms in total. The zero-order valence-corrected chi connectivity index (χ0v) is 9.78. The summed E-state index contributed by atoms with van der Waals surface area (Å²) < 4.78 is 0. The Bertz CT molecular complexity index is 155. The molecular formula is C10H22ClN3. The SMILES string of the molecule is CN(CC1CCCNC1)C1CNC1.Cl. The molecule has 84 valence electrons. The molecule has 0 radical (unpaired) electrons. The van der Waals surface area contributed by atoms with Crippen molar-refractivity contribution >= 4 is 12.4 Å². The van der Waals surface area contributed by atoms with E-state index in [0.717, 1.165) is 12.0 Å². The van der Waals surface area contributed by atoms with E-state index < -0.39 is 0 Å². The lowest BCUT2D eigenvalue weighted by molar-refractivity contribution is 0.146. The molecule has 4 heteroatoms. The molecule has 0 aromatic rings. The van der Waals surface area contributed by atoms with Gasteiger partial charge in [0.05, 0.1) is 0 Å². The van der Waals surface area contributed by atoms with E-state index in [4.69, 9.17) is 0 Å². The largest absolute Gasteiger partial charge is 0.316 e. The van der Waals surface area contributed by atoms with E-state index in [2.05, 4.69) is 22.6 Å². The normalized spacial score (nSPS) is 28.3. The maximum atomic E-state index is 3.47. The minimum atomic E-state index is 0. The van der Waals surface area contributed by atoms with Gasteiger partial charge >= 0.3 is 0 Å². The van der Waals surface area contributed by atoms with Crippen LogP contribution in [-0.2, 0) is 0 Å². The number of hydrogen-bond donors (Lipinski definition) is 2. The Balaban J connectivity index is 0.000000980. The minimum Gasteiger partial charge on any atom is -0.316 e. The van der Waals surface area contributed by atoms with Crippen LogP contribution in [0.3, 0.4) is 0 Å². The van der Waals surface area contributed by atoms with Crippen LogP contribution in [0.4, 0.5) is 0 Å². The van der Waals surface area contributed by atoms with Crippen LogP contribution in [0.15, 0.2) is 0 Å². The fourth-order valence-electron chi connectivity index (χ4n) is 2.22. The van der Waals surface area contributed by atoms with Gasteiger partial charge < -0.3 is 15.5 Å². The summed E-state index contributed by atoms with van der Waals surface area (Å²) in [5.41, 5.74) is 0. The predicted molar refractivity (Wildman–Crippen MR) is 62.1 cm³/mol. The highest BCUT2D eigenvalue weighted by Gasteiger charge is 2.24. The molecule has 0 bridgehead atoms. The van der Waals surface area contributed by atoms with Crippen LogP contribution >= 0.6 is 12.4 Å². The van der Waals surface area contributed by atoms with Crippen molar-refractivity contribution in [3.8, 4) is 0 Å². The molecule has 0 saturated carbocycles. The molecule has 0 aliphatic carbocycles. The van der Waals surface area contributed by atoms with Gasteiger partial charge in [-0.1, -0.05) is 0 Å². The smallest absolute Gasteiger partial charge is 0.0342 e. The molecule has 14 heavy (non-hydrogen) atoms.